The van der Waals surface area contributed by atoms with Crippen LogP contribution in [0.15, 0.2) is 29.7 Å². The molecule has 120 valence electrons. The molecule has 0 amide bonds. The van der Waals surface area contributed by atoms with Gasteiger partial charge in [-0.1, -0.05) is 29.8 Å². The minimum absolute atomic E-state index is 0.0585. The zero-order chi connectivity index (χ0) is 15.6. The van der Waals surface area contributed by atoms with Crippen LogP contribution < -0.4 is 0 Å². The Morgan fingerprint density at radius 2 is 1.95 bits per heavy atom. The van der Waals surface area contributed by atoms with Crippen LogP contribution in [-0.4, -0.2) is 38.5 Å². The van der Waals surface area contributed by atoms with Crippen molar-refractivity contribution in [3.8, 4) is 0 Å². The number of sulfonamides is 1. The Bertz CT molecular complexity index is 632. The van der Waals surface area contributed by atoms with Crippen molar-refractivity contribution in [3.63, 3.8) is 0 Å². The van der Waals surface area contributed by atoms with E-state index in [1.165, 1.54) is 22.6 Å². The summed E-state index contributed by atoms with van der Waals surface area (Å²) in [6.45, 7) is 3.83. The molecule has 1 aliphatic heterocycles. The third kappa shape index (κ3) is 4.18. The number of ether oxygens (including phenoxy) is 1. The van der Waals surface area contributed by atoms with Crippen molar-refractivity contribution in [1.82, 2.24) is 4.31 Å². The molecule has 2 aliphatic rings. The summed E-state index contributed by atoms with van der Waals surface area (Å²) in [6, 6.07) is 7.80. The van der Waals surface area contributed by atoms with Crippen LogP contribution in [0.2, 0.25) is 0 Å². The number of hydrogen-bond acceptors (Lipinski definition) is 3. The molecule has 3 rings (SSSR count). The van der Waals surface area contributed by atoms with Crippen LogP contribution in [-0.2, 0) is 14.8 Å². The molecule has 1 aromatic carbocycles. The highest BCUT2D eigenvalue weighted by Gasteiger charge is 2.32. The molecule has 4 nitrogen and oxygen atoms in total. The predicted molar refractivity (Wildman–Crippen MR) is 87.8 cm³/mol. The van der Waals surface area contributed by atoms with E-state index in [-0.39, 0.29) is 6.10 Å². The number of hydrogen-bond donors (Lipinski definition) is 0. The summed E-state index contributed by atoms with van der Waals surface area (Å²) in [5, 5.41) is 1.31. The van der Waals surface area contributed by atoms with E-state index in [4.69, 9.17) is 4.74 Å². The summed E-state index contributed by atoms with van der Waals surface area (Å²) in [4.78, 5) is 0. The Morgan fingerprint density at radius 1 is 1.23 bits per heavy atom. The van der Waals surface area contributed by atoms with Gasteiger partial charge < -0.3 is 4.74 Å². The van der Waals surface area contributed by atoms with E-state index in [0.717, 1.165) is 24.2 Å². The van der Waals surface area contributed by atoms with Gasteiger partial charge >= 0.3 is 0 Å². The molecule has 2 fully saturated rings. The van der Waals surface area contributed by atoms with Crippen molar-refractivity contribution >= 4 is 16.1 Å². The highest BCUT2D eigenvalue weighted by atomic mass is 32.2. The van der Waals surface area contributed by atoms with Gasteiger partial charge in [0.25, 0.3) is 0 Å². The number of benzene rings is 1. The molecule has 22 heavy (non-hydrogen) atoms. The SMILES string of the molecule is Cc1ccc(/C=C/S(=O)(=O)N2CC[C@@H](OCC3CC3)C2)cc1. The Labute approximate surface area is 132 Å². The molecule has 1 atom stereocenters. The Hall–Kier alpha value is -1.17. The molecule has 0 aromatic heterocycles. The largest absolute Gasteiger partial charge is 0.377 e. The van der Waals surface area contributed by atoms with Crippen LogP contribution >= 0.6 is 0 Å². The third-order valence-electron chi connectivity index (χ3n) is 4.24. The van der Waals surface area contributed by atoms with Crippen molar-refractivity contribution < 1.29 is 13.2 Å². The fourth-order valence-corrected chi connectivity index (χ4v) is 3.78. The Morgan fingerprint density at radius 3 is 2.64 bits per heavy atom. The highest BCUT2D eigenvalue weighted by Crippen LogP contribution is 2.30. The zero-order valence-electron chi connectivity index (χ0n) is 12.9. The van der Waals surface area contributed by atoms with Crippen LogP contribution in [0.5, 0.6) is 0 Å². The molecule has 1 heterocycles. The van der Waals surface area contributed by atoms with Crippen LogP contribution in [0, 0.1) is 12.8 Å². The Balaban J connectivity index is 1.56. The van der Waals surface area contributed by atoms with Crippen LogP contribution in [0.4, 0.5) is 0 Å². The molecule has 0 N–H and O–H groups in total. The van der Waals surface area contributed by atoms with Crippen LogP contribution in [0.3, 0.4) is 0 Å². The van der Waals surface area contributed by atoms with Gasteiger partial charge in [0.15, 0.2) is 0 Å². The summed E-state index contributed by atoms with van der Waals surface area (Å²) in [5.41, 5.74) is 2.06. The standard InChI is InChI=1S/C17H23NO3S/c1-14-2-4-15(5-3-14)9-11-22(19,20)18-10-8-17(12-18)21-13-16-6-7-16/h2-5,9,11,16-17H,6-8,10,12-13H2,1H3/b11-9+/t17-/m1/s1. The molecule has 1 aliphatic carbocycles. The van der Waals surface area contributed by atoms with Gasteiger partial charge in [0.1, 0.15) is 0 Å². The van der Waals surface area contributed by atoms with Gasteiger partial charge in [-0.3, -0.25) is 0 Å². The molecule has 0 radical (unpaired) electrons. The van der Waals surface area contributed by atoms with E-state index in [1.54, 1.807) is 6.08 Å². The first-order valence-electron chi connectivity index (χ1n) is 7.89. The number of aryl methyl sites for hydroxylation is 1. The first kappa shape index (κ1) is 15.7. The number of nitrogens with zero attached hydrogens (tertiary/aromatic N) is 1. The number of rotatable bonds is 6. The lowest BCUT2D eigenvalue weighted by molar-refractivity contribution is 0.0561. The van der Waals surface area contributed by atoms with Gasteiger partial charge in [-0.2, -0.15) is 4.31 Å². The smallest absolute Gasteiger partial charge is 0.236 e. The second kappa shape index (κ2) is 6.52. The predicted octanol–water partition coefficient (Wildman–Crippen LogP) is 2.80. The lowest BCUT2D eigenvalue weighted by Crippen LogP contribution is -2.28. The molecule has 5 heteroatoms. The monoisotopic (exact) mass is 321 g/mol. The van der Waals surface area contributed by atoms with Gasteiger partial charge in [0.05, 0.1) is 6.10 Å². The van der Waals surface area contributed by atoms with E-state index in [0.29, 0.717) is 19.0 Å². The van der Waals surface area contributed by atoms with E-state index in [1.807, 2.05) is 31.2 Å². The molecule has 0 unspecified atom stereocenters. The lowest BCUT2D eigenvalue weighted by atomic mass is 10.2. The van der Waals surface area contributed by atoms with E-state index in [9.17, 15) is 8.42 Å². The molecular formula is C17H23NO3S. The summed E-state index contributed by atoms with van der Waals surface area (Å²) in [7, 11) is -3.35. The molecule has 1 aromatic rings. The first-order valence-corrected chi connectivity index (χ1v) is 9.40. The molecule has 1 saturated heterocycles. The van der Waals surface area contributed by atoms with Crippen molar-refractivity contribution in [1.29, 1.82) is 0 Å². The van der Waals surface area contributed by atoms with Gasteiger partial charge in [0.2, 0.25) is 10.0 Å². The molecule has 0 spiro atoms. The third-order valence-corrected chi connectivity index (χ3v) is 5.77. The molecular weight excluding hydrogens is 298 g/mol. The minimum Gasteiger partial charge on any atom is -0.377 e. The second-order valence-electron chi connectivity index (χ2n) is 6.30. The van der Waals surface area contributed by atoms with E-state index < -0.39 is 10.0 Å². The topological polar surface area (TPSA) is 46.6 Å². The quantitative estimate of drug-likeness (QED) is 0.809. The van der Waals surface area contributed by atoms with Gasteiger partial charge in [-0.25, -0.2) is 8.42 Å². The fraction of sp³-hybridized carbons (Fsp3) is 0.529. The van der Waals surface area contributed by atoms with Crippen LogP contribution in [0.25, 0.3) is 6.08 Å². The lowest BCUT2D eigenvalue weighted by Gasteiger charge is -2.14. The molecule has 0 bridgehead atoms. The second-order valence-corrected chi connectivity index (χ2v) is 8.12. The van der Waals surface area contributed by atoms with Crippen LogP contribution in [0.1, 0.15) is 30.4 Å². The summed E-state index contributed by atoms with van der Waals surface area (Å²) in [5.74, 6) is 0.715. The molecule has 1 saturated carbocycles. The maximum Gasteiger partial charge on any atom is 0.236 e. The van der Waals surface area contributed by atoms with E-state index in [2.05, 4.69) is 0 Å². The fourth-order valence-electron chi connectivity index (χ4n) is 2.55. The normalized spacial score (nSPS) is 23.4. The summed E-state index contributed by atoms with van der Waals surface area (Å²) in [6.07, 6.45) is 5.03. The minimum atomic E-state index is -3.35. The highest BCUT2D eigenvalue weighted by molar-refractivity contribution is 7.92. The zero-order valence-corrected chi connectivity index (χ0v) is 13.8. The van der Waals surface area contributed by atoms with Crippen molar-refractivity contribution in [2.75, 3.05) is 19.7 Å². The van der Waals surface area contributed by atoms with Crippen molar-refractivity contribution in [3.05, 3.63) is 40.8 Å². The van der Waals surface area contributed by atoms with Gasteiger partial charge in [-0.05, 0) is 43.7 Å². The Kier molecular flexibility index (Phi) is 4.66. The van der Waals surface area contributed by atoms with E-state index >= 15 is 0 Å². The average molecular weight is 321 g/mol. The van der Waals surface area contributed by atoms with Gasteiger partial charge in [-0.15, -0.1) is 0 Å². The maximum atomic E-state index is 12.4. The summed E-state index contributed by atoms with van der Waals surface area (Å²) < 4.78 is 32.0. The van der Waals surface area contributed by atoms with Crippen molar-refractivity contribution in [2.45, 2.75) is 32.3 Å². The average Bonchev–Trinajstić information content (AvgIpc) is 3.20. The first-order chi connectivity index (χ1) is 10.5. The maximum absolute atomic E-state index is 12.4. The van der Waals surface area contributed by atoms with Crippen molar-refractivity contribution in [2.24, 2.45) is 5.92 Å². The summed E-state index contributed by atoms with van der Waals surface area (Å²) >= 11 is 0. The van der Waals surface area contributed by atoms with Gasteiger partial charge in [0, 0.05) is 25.1 Å².